The molecule has 0 bridgehead atoms. The molecule has 0 aliphatic carbocycles. The molecule has 2 atom stereocenters. The molecular formula is C20H23BrN2O4S2. The van der Waals surface area contributed by atoms with Crippen LogP contribution in [0, 0.1) is 11.3 Å². The molecule has 6 nitrogen and oxygen atoms in total. The van der Waals surface area contributed by atoms with E-state index in [4.69, 9.17) is 15.1 Å². The van der Waals surface area contributed by atoms with Gasteiger partial charge in [-0.2, -0.15) is 5.26 Å². The van der Waals surface area contributed by atoms with E-state index in [1.165, 1.54) is 12.0 Å². The first-order valence-electron chi connectivity index (χ1n) is 8.73. The molecule has 1 saturated heterocycles. The summed E-state index contributed by atoms with van der Waals surface area (Å²) >= 11 is 5.01. The van der Waals surface area contributed by atoms with Crippen molar-refractivity contribution in [2.75, 3.05) is 33.1 Å². The lowest BCUT2D eigenvalue weighted by molar-refractivity contribution is -0.000507. The van der Waals surface area contributed by atoms with Gasteiger partial charge in [0, 0.05) is 22.5 Å². The molecule has 2 unspecified atom stereocenters. The van der Waals surface area contributed by atoms with Gasteiger partial charge in [-0.25, -0.2) is 8.51 Å². The van der Waals surface area contributed by atoms with E-state index in [0.29, 0.717) is 23.6 Å². The maximum absolute atomic E-state index is 12.5. The van der Waals surface area contributed by atoms with Crippen LogP contribution in [0.1, 0.15) is 12.0 Å². The summed E-state index contributed by atoms with van der Waals surface area (Å²) < 4.78 is 20.2. The zero-order valence-corrected chi connectivity index (χ0v) is 19.4. The van der Waals surface area contributed by atoms with Crippen molar-refractivity contribution in [1.82, 2.24) is 4.31 Å². The number of hydrogen-bond acceptors (Lipinski definition) is 6. The molecule has 0 amide bonds. The maximum Gasteiger partial charge on any atom is 0.137 e. The number of nitrogens with zero attached hydrogens (tertiary/aromatic N) is 2. The number of rotatable bonds is 5. The van der Waals surface area contributed by atoms with Crippen molar-refractivity contribution in [3.8, 4) is 11.8 Å². The Morgan fingerprint density at radius 3 is 2.55 bits per heavy atom. The van der Waals surface area contributed by atoms with Gasteiger partial charge in [-0.1, -0.05) is 15.9 Å². The van der Waals surface area contributed by atoms with Gasteiger partial charge in [0.05, 0.1) is 30.2 Å². The van der Waals surface area contributed by atoms with E-state index >= 15 is 0 Å². The Morgan fingerprint density at radius 1 is 1.34 bits per heavy atom. The summed E-state index contributed by atoms with van der Waals surface area (Å²) in [4.78, 5) is 1.76. The maximum atomic E-state index is 12.5. The third kappa shape index (κ3) is 6.54. The number of benzene rings is 2. The molecule has 1 fully saturated rings. The van der Waals surface area contributed by atoms with Crippen molar-refractivity contribution < 1.29 is 19.2 Å². The second kappa shape index (κ2) is 11.1. The number of nitriles is 1. The Hall–Kier alpha value is -1.41. The Labute approximate surface area is 186 Å². The van der Waals surface area contributed by atoms with Gasteiger partial charge in [0.2, 0.25) is 0 Å². The van der Waals surface area contributed by atoms with Crippen molar-refractivity contribution >= 4 is 38.7 Å². The first-order valence-corrected chi connectivity index (χ1v) is 11.9. The number of ether oxygens (including phenoxy) is 1. The van der Waals surface area contributed by atoms with Crippen molar-refractivity contribution in [2.45, 2.75) is 21.8 Å². The summed E-state index contributed by atoms with van der Waals surface area (Å²) in [5.74, 6) is 0.534. The van der Waals surface area contributed by atoms with Gasteiger partial charge in [0.15, 0.2) is 0 Å². The molecule has 1 aliphatic heterocycles. The van der Waals surface area contributed by atoms with Gasteiger partial charge in [0.25, 0.3) is 0 Å². The number of aliphatic hydroxyl groups excluding tert-OH is 1. The minimum Gasteiger partial charge on any atom is -0.495 e. The molecule has 2 aromatic carbocycles. The lowest BCUT2D eigenvalue weighted by Gasteiger charge is -2.20. The Morgan fingerprint density at radius 2 is 2.03 bits per heavy atom. The van der Waals surface area contributed by atoms with Gasteiger partial charge in [0.1, 0.15) is 22.3 Å². The van der Waals surface area contributed by atoms with Crippen LogP contribution in [0.4, 0.5) is 0 Å². The molecule has 0 saturated carbocycles. The van der Waals surface area contributed by atoms with Gasteiger partial charge >= 0.3 is 0 Å². The third-order valence-electron chi connectivity index (χ3n) is 4.36. The second-order valence-corrected chi connectivity index (χ2v) is 9.63. The number of thioether (sulfide) groups is 1. The average Bonchev–Trinajstić information content (AvgIpc) is 3.16. The fourth-order valence-corrected chi connectivity index (χ4v) is 4.82. The smallest absolute Gasteiger partial charge is 0.137 e. The fourth-order valence-electron chi connectivity index (χ4n) is 2.68. The molecule has 1 aliphatic rings. The van der Waals surface area contributed by atoms with E-state index in [1.807, 2.05) is 30.5 Å². The summed E-state index contributed by atoms with van der Waals surface area (Å²) in [6, 6.07) is 14.9. The quantitative estimate of drug-likeness (QED) is 0.614. The highest BCUT2D eigenvalue weighted by atomic mass is 79.9. The molecular weight excluding hydrogens is 476 g/mol. The first-order chi connectivity index (χ1) is 13.9. The first kappa shape index (κ1) is 23.9. The number of methoxy groups -OCH3 is 1. The summed E-state index contributed by atoms with van der Waals surface area (Å²) in [7, 11) is 0.114. The van der Waals surface area contributed by atoms with Crippen LogP contribution in [0.25, 0.3) is 0 Å². The molecule has 9 heteroatoms. The van der Waals surface area contributed by atoms with Crippen LogP contribution in [0.2, 0.25) is 0 Å². The van der Waals surface area contributed by atoms with E-state index in [2.05, 4.69) is 22.0 Å². The second-order valence-electron chi connectivity index (χ2n) is 6.38. The minimum atomic E-state index is -1.41. The molecule has 29 heavy (non-hydrogen) atoms. The van der Waals surface area contributed by atoms with Crippen molar-refractivity contribution in [1.29, 1.82) is 5.26 Å². The molecule has 2 aromatic rings. The van der Waals surface area contributed by atoms with Crippen LogP contribution < -0.4 is 4.74 Å². The van der Waals surface area contributed by atoms with E-state index in [9.17, 15) is 9.32 Å². The summed E-state index contributed by atoms with van der Waals surface area (Å²) in [5.41, 5.74) is -0.434. The molecule has 1 heterocycles. The number of β-amino-alcohol motifs (C(OH)–C–C–N with tert-alkyl or cyclic N) is 1. The normalized spacial score (nSPS) is 19.7. The van der Waals surface area contributed by atoms with Crippen LogP contribution in [-0.2, 0) is 11.0 Å². The number of hydrogen-bond donors (Lipinski definition) is 2. The SMILES string of the molecule is COc1cc(Br)ccc1S(=O)N1CCC(O)(CO)C1.CSc1ccc(C#N)cc1. The van der Waals surface area contributed by atoms with Crippen molar-refractivity contribution in [2.24, 2.45) is 0 Å². The molecule has 0 spiro atoms. The lowest BCUT2D eigenvalue weighted by atomic mass is 10.1. The van der Waals surface area contributed by atoms with Crippen LogP contribution in [0.5, 0.6) is 5.75 Å². The predicted molar refractivity (Wildman–Crippen MR) is 118 cm³/mol. The van der Waals surface area contributed by atoms with Crippen molar-refractivity contribution in [3.63, 3.8) is 0 Å². The molecule has 0 radical (unpaired) electrons. The van der Waals surface area contributed by atoms with Crippen molar-refractivity contribution in [3.05, 3.63) is 52.5 Å². The largest absolute Gasteiger partial charge is 0.495 e. The zero-order valence-electron chi connectivity index (χ0n) is 16.2. The molecule has 2 N–H and O–H groups in total. The zero-order chi connectivity index (χ0) is 21.4. The van der Waals surface area contributed by atoms with Gasteiger partial charge in [-0.05, 0) is 55.1 Å². The van der Waals surface area contributed by atoms with Crippen LogP contribution in [0.15, 0.2) is 56.7 Å². The van der Waals surface area contributed by atoms with Crippen LogP contribution in [0.3, 0.4) is 0 Å². The van der Waals surface area contributed by atoms with Crippen LogP contribution >= 0.6 is 27.7 Å². The van der Waals surface area contributed by atoms with E-state index in [0.717, 1.165) is 10.0 Å². The summed E-state index contributed by atoms with van der Waals surface area (Å²) in [6.45, 7) is 0.344. The molecule has 0 aromatic heterocycles. The standard InChI is InChI=1S/C12H16BrNO4S.C8H7NS/c1-18-10-6-9(13)2-3-11(10)19(17)14-5-4-12(16,7-14)8-15;1-10-8-4-2-7(6-9)3-5-8/h2-3,6,15-16H,4-5,7-8H2,1H3;2-5H,1H3. The fraction of sp³-hybridized carbons (Fsp3) is 0.350. The Balaban J connectivity index is 0.000000253. The highest BCUT2D eigenvalue weighted by Crippen LogP contribution is 2.31. The minimum absolute atomic E-state index is 0.190. The Bertz CT molecular complexity index is 889. The van der Waals surface area contributed by atoms with E-state index in [-0.39, 0.29) is 13.2 Å². The number of halogens is 1. The van der Waals surface area contributed by atoms with E-state index < -0.39 is 16.6 Å². The Kier molecular flexibility index (Phi) is 9.14. The lowest BCUT2D eigenvalue weighted by Crippen LogP contribution is -2.37. The third-order valence-corrected chi connectivity index (χ3v) is 7.09. The average molecular weight is 499 g/mol. The predicted octanol–water partition coefficient (Wildman–Crippen LogP) is 3.19. The molecule has 3 rings (SSSR count). The van der Waals surface area contributed by atoms with Gasteiger partial charge in [-0.3, -0.25) is 0 Å². The highest BCUT2D eigenvalue weighted by Gasteiger charge is 2.38. The molecule has 156 valence electrons. The van der Waals surface area contributed by atoms with Gasteiger partial charge < -0.3 is 14.9 Å². The summed E-state index contributed by atoms with van der Waals surface area (Å²) in [6.07, 6.45) is 2.43. The van der Waals surface area contributed by atoms with Gasteiger partial charge in [-0.15, -0.1) is 11.8 Å². The monoisotopic (exact) mass is 498 g/mol. The summed E-state index contributed by atoms with van der Waals surface area (Å²) in [5, 5.41) is 27.5. The van der Waals surface area contributed by atoms with Crippen LogP contribution in [-0.4, -0.2) is 57.4 Å². The highest BCUT2D eigenvalue weighted by molar-refractivity contribution is 9.10. The van der Waals surface area contributed by atoms with E-state index in [1.54, 1.807) is 34.3 Å². The number of aliphatic hydroxyl groups is 2. The topological polar surface area (TPSA) is 93.8 Å².